The Morgan fingerprint density at radius 3 is 2.54 bits per heavy atom. The third kappa shape index (κ3) is 4.17. The molecule has 0 amide bonds. The van der Waals surface area contributed by atoms with E-state index in [9.17, 15) is 13.7 Å². The van der Waals surface area contributed by atoms with E-state index < -0.39 is 10.0 Å². The van der Waals surface area contributed by atoms with E-state index in [-0.39, 0.29) is 11.7 Å². The van der Waals surface area contributed by atoms with Crippen LogP contribution < -0.4 is 9.29 Å². The molecular weight excluding hydrogens is 458 g/mol. The Hall–Kier alpha value is -3.70. The second-order valence-corrected chi connectivity index (χ2v) is 11.3. The molecule has 2 aliphatic carbocycles. The quantitative estimate of drug-likeness (QED) is 0.384. The van der Waals surface area contributed by atoms with Crippen molar-refractivity contribution in [1.82, 2.24) is 9.55 Å². The molecule has 1 N–H and O–H groups in total. The number of nitrogens with one attached hydrogen (secondary N) is 1. The van der Waals surface area contributed by atoms with E-state index in [2.05, 4.69) is 26.4 Å². The Morgan fingerprint density at radius 2 is 1.91 bits per heavy atom. The maximum atomic E-state index is 12.5. The summed E-state index contributed by atoms with van der Waals surface area (Å²) in [4.78, 5) is 4.21. The summed E-state index contributed by atoms with van der Waals surface area (Å²) in [5, 5.41) is 11.1. The van der Waals surface area contributed by atoms with E-state index in [1.54, 1.807) is 24.7 Å². The summed E-state index contributed by atoms with van der Waals surface area (Å²) in [6.45, 7) is 0. The second kappa shape index (κ2) is 8.51. The van der Waals surface area contributed by atoms with Gasteiger partial charge in [-0.25, -0.2) is 13.0 Å². The van der Waals surface area contributed by atoms with Gasteiger partial charge in [0, 0.05) is 29.2 Å². The third-order valence-electron chi connectivity index (χ3n) is 7.03. The van der Waals surface area contributed by atoms with Gasteiger partial charge in [0.05, 0.1) is 28.7 Å². The maximum Gasteiger partial charge on any atom is 0.291 e. The molecule has 0 aliphatic heterocycles. The second-order valence-electron chi connectivity index (χ2n) is 9.56. The fraction of sp³-hybridized carbons (Fsp3) is 0.296. The molecule has 2 aliphatic rings. The smallest absolute Gasteiger partial charge is 0.291 e. The van der Waals surface area contributed by atoms with Gasteiger partial charge in [-0.3, -0.25) is 4.72 Å². The Kier molecular flexibility index (Phi) is 5.30. The Balaban J connectivity index is 1.39. The first-order valence-electron chi connectivity index (χ1n) is 12.0. The minimum absolute atomic E-state index is 0.181. The lowest BCUT2D eigenvalue weighted by Gasteiger charge is -2.25. The molecule has 2 heterocycles. The van der Waals surface area contributed by atoms with E-state index >= 15 is 0 Å². The van der Waals surface area contributed by atoms with Gasteiger partial charge in [-0.15, -0.1) is 0 Å². The third-order valence-corrected chi connectivity index (χ3v) is 8.49. The van der Waals surface area contributed by atoms with E-state index in [0.717, 1.165) is 60.0 Å². The molecule has 2 aromatic heterocycles. The van der Waals surface area contributed by atoms with Crippen LogP contribution in [0.1, 0.15) is 43.7 Å². The predicted molar refractivity (Wildman–Crippen MR) is 134 cm³/mol. The summed E-state index contributed by atoms with van der Waals surface area (Å²) in [6.07, 6.45) is 10.7. The van der Waals surface area contributed by atoms with Crippen molar-refractivity contribution < 1.29 is 13.0 Å². The van der Waals surface area contributed by atoms with E-state index in [1.807, 2.05) is 41.1 Å². The molecule has 0 bridgehead atoms. The highest BCUT2D eigenvalue weighted by atomic mass is 32.2. The zero-order chi connectivity index (χ0) is 24.0. The predicted octanol–water partition coefficient (Wildman–Crippen LogP) is 4.73. The van der Waals surface area contributed by atoms with Crippen LogP contribution in [0.25, 0.3) is 27.8 Å². The van der Waals surface area contributed by atoms with Crippen LogP contribution in [0.3, 0.4) is 0 Å². The summed E-state index contributed by atoms with van der Waals surface area (Å²) in [5.41, 5.74) is 5.00. The van der Waals surface area contributed by atoms with Crippen molar-refractivity contribution in [1.29, 1.82) is 5.26 Å². The van der Waals surface area contributed by atoms with E-state index in [4.69, 9.17) is 0 Å². The lowest BCUT2D eigenvalue weighted by Crippen LogP contribution is -2.29. The number of nitriles is 1. The monoisotopic (exact) mass is 484 g/mol. The van der Waals surface area contributed by atoms with E-state index in [1.165, 1.54) is 0 Å². The number of hydrogen-bond donors (Lipinski definition) is 1. The molecule has 0 spiro atoms. The van der Waals surface area contributed by atoms with Crippen LogP contribution in [0.2, 0.25) is 0 Å². The first-order valence-corrected chi connectivity index (χ1v) is 13.7. The largest absolute Gasteiger partial charge is 0.336 e. The summed E-state index contributed by atoms with van der Waals surface area (Å²) >= 11 is 0. The molecule has 2 aromatic carbocycles. The number of aromatic nitrogens is 3. The molecule has 0 saturated heterocycles. The SMILES string of the molecule is N#Cc1c(-c2ccc(NS(=O)(=O)CC3CCC3)cc2)n(C2CC2)c2cc(-[n+]3cccnc3)ccc12. The minimum Gasteiger partial charge on any atom is -0.336 e. The van der Waals surface area contributed by atoms with Gasteiger partial charge in [-0.05, 0) is 61.4 Å². The number of rotatable bonds is 7. The fourth-order valence-electron chi connectivity index (χ4n) is 4.94. The van der Waals surface area contributed by atoms with Crippen LogP contribution in [-0.2, 0) is 10.0 Å². The van der Waals surface area contributed by atoms with Gasteiger partial charge < -0.3 is 4.57 Å². The highest BCUT2D eigenvalue weighted by molar-refractivity contribution is 7.92. The van der Waals surface area contributed by atoms with Crippen molar-refractivity contribution in [2.75, 3.05) is 10.5 Å². The van der Waals surface area contributed by atoms with Crippen LogP contribution in [0.5, 0.6) is 0 Å². The standard InChI is InChI=1S/C27H26N5O2S/c28-16-25-24-12-11-23(31-14-2-13-29-18-31)15-26(24)32(22-9-10-22)27(25)20-5-7-21(8-6-20)30-35(33,34)17-19-3-1-4-19/h2,5-8,11-15,18-19,22,30H,1,3-4,9-10,17H2/q+1. The maximum absolute atomic E-state index is 12.5. The molecule has 8 heteroatoms. The average Bonchev–Trinajstić information content (AvgIpc) is 3.63. The van der Waals surface area contributed by atoms with Gasteiger partial charge in [0.15, 0.2) is 0 Å². The number of anilines is 1. The first kappa shape index (κ1) is 21.8. The van der Waals surface area contributed by atoms with Crippen molar-refractivity contribution in [3.8, 4) is 23.0 Å². The average molecular weight is 485 g/mol. The summed E-state index contributed by atoms with van der Waals surface area (Å²) in [6, 6.07) is 18.2. The van der Waals surface area contributed by atoms with Crippen LogP contribution >= 0.6 is 0 Å². The lowest BCUT2D eigenvalue weighted by atomic mass is 9.87. The molecule has 0 radical (unpaired) electrons. The van der Waals surface area contributed by atoms with Gasteiger partial charge in [-0.2, -0.15) is 5.26 Å². The molecule has 0 unspecified atom stereocenters. The van der Waals surface area contributed by atoms with Crippen LogP contribution in [0.15, 0.2) is 67.3 Å². The molecule has 6 rings (SSSR count). The van der Waals surface area contributed by atoms with Gasteiger partial charge in [0.2, 0.25) is 10.0 Å². The number of nitrogens with zero attached hydrogens (tertiary/aromatic N) is 4. The summed E-state index contributed by atoms with van der Waals surface area (Å²) in [5.74, 6) is 0.453. The molecule has 4 aromatic rings. The zero-order valence-corrected chi connectivity index (χ0v) is 20.1. The lowest BCUT2D eigenvalue weighted by molar-refractivity contribution is -0.599. The minimum atomic E-state index is -3.36. The van der Waals surface area contributed by atoms with Gasteiger partial charge in [0.25, 0.3) is 6.33 Å². The topological polar surface area (TPSA) is 91.7 Å². The van der Waals surface area contributed by atoms with Crippen LogP contribution in [-0.4, -0.2) is 23.7 Å². The molecular formula is C27H26N5O2S+. The van der Waals surface area contributed by atoms with Crippen molar-refractivity contribution in [2.45, 2.75) is 38.1 Å². The summed E-state index contributed by atoms with van der Waals surface area (Å²) < 4.78 is 32.0. The molecule has 0 atom stereocenters. The normalized spacial score (nSPS) is 16.1. The molecule has 7 nitrogen and oxygen atoms in total. The highest BCUT2D eigenvalue weighted by Crippen LogP contribution is 2.45. The Bertz CT molecular complexity index is 1550. The zero-order valence-electron chi connectivity index (χ0n) is 19.3. The fourth-order valence-corrected chi connectivity index (χ4v) is 6.47. The first-order chi connectivity index (χ1) is 17.0. The molecule has 176 valence electrons. The van der Waals surface area contributed by atoms with E-state index in [0.29, 0.717) is 17.3 Å². The van der Waals surface area contributed by atoms with Crippen LogP contribution in [0.4, 0.5) is 5.69 Å². The van der Waals surface area contributed by atoms with Gasteiger partial charge >= 0.3 is 0 Å². The number of hydrogen-bond acceptors (Lipinski definition) is 4. The number of benzene rings is 2. The van der Waals surface area contributed by atoms with Gasteiger partial charge in [-0.1, -0.05) is 23.5 Å². The van der Waals surface area contributed by atoms with Crippen molar-refractivity contribution >= 4 is 26.6 Å². The molecule has 2 fully saturated rings. The van der Waals surface area contributed by atoms with Crippen molar-refractivity contribution in [3.05, 3.63) is 72.8 Å². The number of sulfonamides is 1. The Labute approximate surface area is 204 Å². The van der Waals surface area contributed by atoms with Crippen molar-refractivity contribution in [3.63, 3.8) is 0 Å². The van der Waals surface area contributed by atoms with Crippen LogP contribution in [0, 0.1) is 17.2 Å². The molecule has 2 saturated carbocycles. The highest BCUT2D eigenvalue weighted by Gasteiger charge is 2.31. The van der Waals surface area contributed by atoms with Gasteiger partial charge in [0.1, 0.15) is 18.0 Å². The molecule has 35 heavy (non-hydrogen) atoms. The van der Waals surface area contributed by atoms with Crippen molar-refractivity contribution in [2.24, 2.45) is 5.92 Å². The Morgan fingerprint density at radius 1 is 1.11 bits per heavy atom. The number of fused-ring (bicyclic) bond motifs is 1. The summed E-state index contributed by atoms with van der Waals surface area (Å²) in [7, 11) is -3.36.